The van der Waals surface area contributed by atoms with Gasteiger partial charge in [0.15, 0.2) is 5.78 Å². The predicted octanol–water partition coefficient (Wildman–Crippen LogP) is 2.24. The Hall–Kier alpha value is -2.10. The third-order valence-corrected chi connectivity index (χ3v) is 2.16. The Kier molecular flexibility index (Phi) is 2.72. The van der Waals surface area contributed by atoms with Gasteiger partial charge in [-0.2, -0.15) is 0 Å². The molecule has 0 fully saturated rings. The third-order valence-electron chi connectivity index (χ3n) is 2.16. The molecule has 2 aromatic heterocycles. The van der Waals surface area contributed by atoms with E-state index in [4.69, 9.17) is 0 Å². The molecule has 0 unspecified atom stereocenters. The van der Waals surface area contributed by atoms with Gasteiger partial charge in [-0.3, -0.25) is 9.20 Å². The highest BCUT2D eigenvalue weighted by Gasteiger charge is 2.01. The number of nitrogens with zero attached hydrogens (tertiary/aromatic N) is 2. The number of nitrogens with one attached hydrogen (secondary N) is 1. The molecule has 16 heavy (non-hydrogen) atoms. The summed E-state index contributed by atoms with van der Waals surface area (Å²) in [6.07, 6.45) is 5.22. The van der Waals surface area contributed by atoms with Gasteiger partial charge in [-0.05, 0) is 32.1 Å². The highest BCUT2D eigenvalue weighted by Crippen LogP contribution is 2.12. The standard InChI is InChI=1S/C12H13N3O/c1-9(7-10(2)16)14-12-8-13-11-5-3-4-6-15(11)12/h3-8,14H,1-2H3. The van der Waals surface area contributed by atoms with E-state index in [2.05, 4.69) is 10.3 Å². The number of carbonyl (C=O) groups is 1. The lowest BCUT2D eigenvalue weighted by Gasteiger charge is -2.04. The molecule has 0 bridgehead atoms. The van der Waals surface area contributed by atoms with E-state index in [1.54, 1.807) is 12.3 Å². The molecule has 0 saturated carbocycles. The van der Waals surface area contributed by atoms with Crippen LogP contribution in [0.1, 0.15) is 13.8 Å². The van der Waals surface area contributed by atoms with Crippen molar-refractivity contribution in [3.05, 3.63) is 42.4 Å². The van der Waals surface area contributed by atoms with Gasteiger partial charge in [0.25, 0.3) is 0 Å². The lowest BCUT2D eigenvalue weighted by molar-refractivity contribution is -0.112. The molecular weight excluding hydrogens is 202 g/mol. The van der Waals surface area contributed by atoms with Gasteiger partial charge in [-0.1, -0.05) is 6.07 Å². The predicted molar refractivity (Wildman–Crippen MR) is 63.3 cm³/mol. The number of hydrogen-bond donors (Lipinski definition) is 1. The average molecular weight is 215 g/mol. The molecule has 0 aromatic carbocycles. The SMILES string of the molecule is CC(=O)C=C(C)Nc1cnc2ccccn12. The molecule has 0 aliphatic rings. The van der Waals surface area contributed by atoms with Crippen molar-refractivity contribution in [3.8, 4) is 0 Å². The van der Waals surface area contributed by atoms with Gasteiger partial charge < -0.3 is 5.32 Å². The number of pyridine rings is 1. The minimum atomic E-state index is 0.0267. The van der Waals surface area contributed by atoms with E-state index < -0.39 is 0 Å². The summed E-state index contributed by atoms with van der Waals surface area (Å²) >= 11 is 0. The van der Waals surface area contributed by atoms with E-state index in [9.17, 15) is 4.79 Å². The monoisotopic (exact) mass is 215 g/mol. The maximum atomic E-state index is 10.9. The van der Waals surface area contributed by atoms with Crippen LogP contribution in [0.15, 0.2) is 42.4 Å². The zero-order valence-corrected chi connectivity index (χ0v) is 9.27. The Morgan fingerprint density at radius 1 is 1.44 bits per heavy atom. The molecule has 2 rings (SSSR count). The Balaban J connectivity index is 2.31. The first-order valence-corrected chi connectivity index (χ1v) is 5.05. The second kappa shape index (κ2) is 4.18. The fourth-order valence-corrected chi connectivity index (χ4v) is 1.57. The molecule has 1 N–H and O–H groups in total. The van der Waals surface area contributed by atoms with Gasteiger partial charge in [0.05, 0.1) is 6.20 Å². The van der Waals surface area contributed by atoms with Crippen LogP contribution < -0.4 is 5.32 Å². The van der Waals surface area contributed by atoms with Gasteiger partial charge in [-0.15, -0.1) is 0 Å². The smallest absolute Gasteiger partial charge is 0.154 e. The van der Waals surface area contributed by atoms with Crippen molar-refractivity contribution in [1.29, 1.82) is 0 Å². The van der Waals surface area contributed by atoms with Crippen LogP contribution in [0, 0.1) is 0 Å². The van der Waals surface area contributed by atoms with Crippen molar-refractivity contribution in [2.24, 2.45) is 0 Å². The van der Waals surface area contributed by atoms with Gasteiger partial charge in [0.1, 0.15) is 11.5 Å². The van der Waals surface area contributed by atoms with E-state index in [-0.39, 0.29) is 5.78 Å². The first kappa shape index (κ1) is 10.4. The minimum Gasteiger partial charge on any atom is -0.344 e. The highest BCUT2D eigenvalue weighted by molar-refractivity contribution is 5.88. The van der Waals surface area contributed by atoms with Crippen molar-refractivity contribution in [2.75, 3.05) is 5.32 Å². The van der Waals surface area contributed by atoms with Crippen molar-refractivity contribution in [2.45, 2.75) is 13.8 Å². The first-order chi connectivity index (χ1) is 7.66. The number of aromatic nitrogens is 2. The maximum Gasteiger partial charge on any atom is 0.154 e. The number of allylic oxidation sites excluding steroid dienone is 2. The van der Waals surface area contributed by atoms with Crippen LogP contribution >= 0.6 is 0 Å². The Bertz CT molecular complexity index is 554. The lowest BCUT2D eigenvalue weighted by atomic mass is 10.3. The molecule has 4 heteroatoms. The average Bonchev–Trinajstić information content (AvgIpc) is 2.61. The maximum absolute atomic E-state index is 10.9. The number of ketones is 1. The lowest BCUT2D eigenvalue weighted by Crippen LogP contribution is -2.00. The van der Waals surface area contributed by atoms with Crippen LogP contribution in [0.5, 0.6) is 0 Å². The summed E-state index contributed by atoms with van der Waals surface area (Å²) < 4.78 is 1.93. The number of rotatable bonds is 3. The summed E-state index contributed by atoms with van der Waals surface area (Å²) in [6, 6.07) is 5.80. The van der Waals surface area contributed by atoms with E-state index >= 15 is 0 Å². The van der Waals surface area contributed by atoms with Gasteiger partial charge in [0.2, 0.25) is 0 Å². The second-order valence-corrected chi connectivity index (χ2v) is 3.64. The molecule has 0 atom stereocenters. The Morgan fingerprint density at radius 3 is 3.00 bits per heavy atom. The first-order valence-electron chi connectivity index (χ1n) is 5.05. The number of fused-ring (bicyclic) bond motifs is 1. The zero-order chi connectivity index (χ0) is 11.5. The summed E-state index contributed by atoms with van der Waals surface area (Å²) in [6.45, 7) is 3.38. The van der Waals surface area contributed by atoms with Crippen molar-refractivity contribution in [3.63, 3.8) is 0 Å². The Morgan fingerprint density at radius 2 is 2.25 bits per heavy atom. The summed E-state index contributed by atoms with van der Waals surface area (Å²) in [7, 11) is 0. The molecule has 0 aliphatic heterocycles. The number of carbonyl (C=O) groups excluding carboxylic acids is 1. The van der Waals surface area contributed by atoms with E-state index in [0.717, 1.165) is 17.2 Å². The highest BCUT2D eigenvalue weighted by atomic mass is 16.1. The van der Waals surface area contributed by atoms with E-state index in [1.165, 1.54) is 6.92 Å². The largest absolute Gasteiger partial charge is 0.344 e. The van der Waals surface area contributed by atoms with E-state index in [0.29, 0.717) is 0 Å². The number of hydrogen-bond acceptors (Lipinski definition) is 3. The van der Waals surface area contributed by atoms with E-state index in [1.807, 2.05) is 35.7 Å². The molecule has 0 amide bonds. The topological polar surface area (TPSA) is 46.4 Å². The molecule has 0 spiro atoms. The normalized spacial score (nSPS) is 11.8. The van der Waals surface area contributed by atoms with Crippen molar-refractivity contribution < 1.29 is 4.79 Å². The molecule has 0 saturated heterocycles. The summed E-state index contributed by atoms with van der Waals surface area (Å²) in [5.74, 6) is 0.879. The van der Waals surface area contributed by atoms with Crippen LogP contribution in [0.25, 0.3) is 5.65 Å². The molecule has 2 aromatic rings. The molecule has 0 aliphatic carbocycles. The van der Waals surface area contributed by atoms with Crippen LogP contribution in [-0.4, -0.2) is 15.2 Å². The van der Waals surface area contributed by atoms with Crippen LogP contribution in [-0.2, 0) is 4.79 Å². The molecule has 2 heterocycles. The fourth-order valence-electron chi connectivity index (χ4n) is 1.57. The molecule has 82 valence electrons. The molecule has 0 radical (unpaired) electrons. The van der Waals surface area contributed by atoms with Gasteiger partial charge in [-0.25, -0.2) is 4.98 Å². The van der Waals surface area contributed by atoms with Crippen molar-refractivity contribution >= 4 is 17.2 Å². The van der Waals surface area contributed by atoms with Crippen LogP contribution in [0.2, 0.25) is 0 Å². The third kappa shape index (κ3) is 2.11. The van der Waals surface area contributed by atoms with Gasteiger partial charge >= 0.3 is 0 Å². The van der Waals surface area contributed by atoms with Crippen LogP contribution in [0.4, 0.5) is 5.82 Å². The number of imidazole rings is 1. The summed E-state index contributed by atoms with van der Waals surface area (Å²) in [5.41, 5.74) is 1.68. The summed E-state index contributed by atoms with van der Waals surface area (Å²) in [5, 5.41) is 3.14. The Labute approximate surface area is 93.6 Å². The fraction of sp³-hybridized carbons (Fsp3) is 0.167. The minimum absolute atomic E-state index is 0.0267. The summed E-state index contributed by atoms with van der Waals surface area (Å²) in [4.78, 5) is 15.1. The van der Waals surface area contributed by atoms with Crippen molar-refractivity contribution in [1.82, 2.24) is 9.38 Å². The number of anilines is 1. The zero-order valence-electron chi connectivity index (χ0n) is 9.27. The van der Waals surface area contributed by atoms with Gasteiger partial charge in [0, 0.05) is 11.9 Å². The molecular formula is C12H13N3O. The van der Waals surface area contributed by atoms with Crippen LogP contribution in [0.3, 0.4) is 0 Å². The second-order valence-electron chi connectivity index (χ2n) is 3.64. The molecule has 4 nitrogen and oxygen atoms in total. The quantitative estimate of drug-likeness (QED) is 0.799.